The standard InChI is InChI=1S/C19H24N2O2/c1-22-17-9-7-16(8-10-17)15-20-11-13-21(14-12-20)18-5-3-4-6-19(18)23-2/h3-10H,11-15H2,1-2H3/p+1. The molecule has 1 aliphatic rings. The highest BCUT2D eigenvalue weighted by atomic mass is 16.5. The van der Waals surface area contributed by atoms with E-state index in [9.17, 15) is 0 Å². The smallest absolute Gasteiger partial charge is 0.142 e. The highest BCUT2D eigenvalue weighted by molar-refractivity contribution is 5.58. The summed E-state index contributed by atoms with van der Waals surface area (Å²) >= 11 is 0. The van der Waals surface area contributed by atoms with E-state index in [1.807, 2.05) is 24.3 Å². The Labute approximate surface area is 138 Å². The van der Waals surface area contributed by atoms with Gasteiger partial charge in [0.25, 0.3) is 0 Å². The van der Waals surface area contributed by atoms with E-state index in [0.717, 1.165) is 44.2 Å². The molecule has 1 heterocycles. The lowest BCUT2D eigenvalue weighted by Crippen LogP contribution is -3.13. The van der Waals surface area contributed by atoms with Crippen LogP contribution in [0.2, 0.25) is 0 Å². The van der Waals surface area contributed by atoms with E-state index in [1.165, 1.54) is 11.3 Å². The summed E-state index contributed by atoms with van der Waals surface area (Å²) in [5.41, 5.74) is 2.57. The minimum absolute atomic E-state index is 0.921. The van der Waals surface area contributed by atoms with Crippen molar-refractivity contribution in [1.82, 2.24) is 0 Å². The number of anilines is 1. The van der Waals surface area contributed by atoms with E-state index in [4.69, 9.17) is 9.47 Å². The average Bonchev–Trinajstić information content (AvgIpc) is 2.63. The maximum Gasteiger partial charge on any atom is 0.142 e. The number of hydrogen-bond acceptors (Lipinski definition) is 3. The summed E-state index contributed by atoms with van der Waals surface area (Å²) in [5, 5.41) is 0. The third-order valence-corrected chi connectivity index (χ3v) is 4.51. The van der Waals surface area contributed by atoms with Gasteiger partial charge in [0.15, 0.2) is 0 Å². The summed E-state index contributed by atoms with van der Waals surface area (Å²) in [6, 6.07) is 16.7. The molecule has 4 nitrogen and oxygen atoms in total. The summed E-state index contributed by atoms with van der Waals surface area (Å²) in [6.45, 7) is 5.48. The summed E-state index contributed by atoms with van der Waals surface area (Å²) in [5.74, 6) is 1.89. The first kappa shape index (κ1) is 15.7. The second-order valence-corrected chi connectivity index (χ2v) is 5.93. The zero-order chi connectivity index (χ0) is 16.1. The monoisotopic (exact) mass is 313 g/mol. The Morgan fingerprint density at radius 1 is 0.913 bits per heavy atom. The van der Waals surface area contributed by atoms with Crippen LogP contribution < -0.4 is 19.3 Å². The molecule has 3 rings (SSSR count). The van der Waals surface area contributed by atoms with Crippen molar-refractivity contribution in [1.29, 1.82) is 0 Å². The molecule has 0 bridgehead atoms. The van der Waals surface area contributed by atoms with E-state index >= 15 is 0 Å². The largest absolute Gasteiger partial charge is 0.497 e. The third-order valence-electron chi connectivity index (χ3n) is 4.51. The second-order valence-electron chi connectivity index (χ2n) is 5.93. The molecule has 2 aromatic carbocycles. The van der Waals surface area contributed by atoms with E-state index in [2.05, 4.69) is 29.2 Å². The minimum atomic E-state index is 0.921. The van der Waals surface area contributed by atoms with Crippen LogP contribution in [0.1, 0.15) is 5.56 Å². The van der Waals surface area contributed by atoms with Crippen molar-refractivity contribution < 1.29 is 14.4 Å². The molecule has 4 heteroatoms. The Bertz CT molecular complexity index is 620. The fourth-order valence-electron chi connectivity index (χ4n) is 3.16. The molecule has 23 heavy (non-hydrogen) atoms. The van der Waals surface area contributed by atoms with Gasteiger partial charge in [0.1, 0.15) is 18.0 Å². The van der Waals surface area contributed by atoms with Crippen molar-refractivity contribution in [2.24, 2.45) is 0 Å². The van der Waals surface area contributed by atoms with Gasteiger partial charge in [-0.05, 0) is 36.4 Å². The van der Waals surface area contributed by atoms with E-state index in [0.29, 0.717) is 0 Å². The minimum Gasteiger partial charge on any atom is -0.497 e. The predicted molar refractivity (Wildman–Crippen MR) is 92.6 cm³/mol. The molecule has 1 N–H and O–H groups in total. The van der Waals surface area contributed by atoms with Crippen LogP contribution >= 0.6 is 0 Å². The van der Waals surface area contributed by atoms with Crippen LogP contribution in [-0.2, 0) is 6.54 Å². The Hall–Kier alpha value is -2.20. The lowest BCUT2D eigenvalue weighted by Gasteiger charge is -2.34. The van der Waals surface area contributed by atoms with Crippen molar-refractivity contribution in [3.05, 3.63) is 54.1 Å². The molecule has 0 spiro atoms. The van der Waals surface area contributed by atoms with Crippen LogP contribution in [0.4, 0.5) is 5.69 Å². The Morgan fingerprint density at radius 3 is 2.26 bits per heavy atom. The van der Waals surface area contributed by atoms with Crippen LogP contribution in [0.5, 0.6) is 11.5 Å². The van der Waals surface area contributed by atoms with E-state index in [1.54, 1.807) is 19.1 Å². The first-order chi connectivity index (χ1) is 11.3. The molecule has 0 radical (unpaired) electrons. The number of hydrogen-bond donors (Lipinski definition) is 1. The lowest BCUT2D eigenvalue weighted by molar-refractivity contribution is -0.914. The highest BCUT2D eigenvalue weighted by Gasteiger charge is 2.22. The van der Waals surface area contributed by atoms with Crippen LogP contribution in [0.25, 0.3) is 0 Å². The first-order valence-corrected chi connectivity index (χ1v) is 8.14. The summed E-state index contributed by atoms with van der Waals surface area (Å²) in [4.78, 5) is 4.05. The van der Waals surface area contributed by atoms with Crippen molar-refractivity contribution in [2.75, 3.05) is 45.3 Å². The molecule has 1 fully saturated rings. The zero-order valence-electron chi connectivity index (χ0n) is 13.9. The normalized spacial score (nSPS) is 15.5. The molecule has 0 saturated carbocycles. The van der Waals surface area contributed by atoms with Gasteiger partial charge in [-0.3, -0.25) is 0 Å². The number of nitrogens with one attached hydrogen (secondary N) is 1. The lowest BCUT2D eigenvalue weighted by atomic mass is 10.1. The van der Waals surface area contributed by atoms with Crippen molar-refractivity contribution in [3.63, 3.8) is 0 Å². The van der Waals surface area contributed by atoms with Gasteiger partial charge in [-0.1, -0.05) is 12.1 Å². The molecular weight excluding hydrogens is 288 g/mol. The number of quaternary nitrogens is 1. The highest BCUT2D eigenvalue weighted by Crippen LogP contribution is 2.27. The third kappa shape index (κ3) is 3.77. The number of nitrogens with zero attached hydrogens (tertiary/aromatic N) is 1. The Morgan fingerprint density at radius 2 is 1.61 bits per heavy atom. The number of piperazine rings is 1. The maximum atomic E-state index is 5.48. The van der Waals surface area contributed by atoms with E-state index < -0.39 is 0 Å². The van der Waals surface area contributed by atoms with Crippen molar-refractivity contribution in [2.45, 2.75) is 6.54 Å². The van der Waals surface area contributed by atoms with Crippen molar-refractivity contribution in [3.8, 4) is 11.5 Å². The molecule has 0 amide bonds. The fourth-order valence-corrected chi connectivity index (χ4v) is 3.16. The van der Waals surface area contributed by atoms with Gasteiger partial charge in [-0.25, -0.2) is 0 Å². The molecule has 0 atom stereocenters. The summed E-state index contributed by atoms with van der Waals surface area (Å²) < 4.78 is 10.7. The van der Waals surface area contributed by atoms with Gasteiger partial charge in [0, 0.05) is 5.56 Å². The number of rotatable bonds is 5. The summed E-state index contributed by atoms with van der Waals surface area (Å²) in [7, 11) is 3.45. The molecule has 2 aromatic rings. The predicted octanol–water partition coefficient (Wildman–Crippen LogP) is 1.61. The van der Waals surface area contributed by atoms with Gasteiger partial charge in [0.2, 0.25) is 0 Å². The molecule has 0 unspecified atom stereocenters. The van der Waals surface area contributed by atoms with Gasteiger partial charge >= 0.3 is 0 Å². The van der Waals surface area contributed by atoms with E-state index in [-0.39, 0.29) is 0 Å². The van der Waals surface area contributed by atoms with Crippen LogP contribution in [-0.4, -0.2) is 40.4 Å². The Balaban J connectivity index is 1.57. The van der Waals surface area contributed by atoms with Crippen LogP contribution in [0, 0.1) is 0 Å². The molecule has 1 aliphatic heterocycles. The molecule has 122 valence electrons. The van der Waals surface area contributed by atoms with Crippen LogP contribution in [0.15, 0.2) is 48.5 Å². The maximum absolute atomic E-state index is 5.48. The molecular formula is C19H25N2O2+. The van der Waals surface area contributed by atoms with Crippen molar-refractivity contribution >= 4 is 5.69 Å². The van der Waals surface area contributed by atoms with Crippen LogP contribution in [0.3, 0.4) is 0 Å². The quantitative estimate of drug-likeness (QED) is 0.908. The van der Waals surface area contributed by atoms with Gasteiger partial charge in [-0.2, -0.15) is 0 Å². The first-order valence-electron chi connectivity index (χ1n) is 8.14. The van der Waals surface area contributed by atoms with Gasteiger partial charge < -0.3 is 19.3 Å². The fraction of sp³-hybridized carbons (Fsp3) is 0.368. The molecule has 0 aliphatic carbocycles. The van der Waals surface area contributed by atoms with Gasteiger partial charge in [0.05, 0.1) is 46.1 Å². The number of methoxy groups -OCH3 is 2. The number of benzene rings is 2. The van der Waals surface area contributed by atoms with Gasteiger partial charge in [-0.15, -0.1) is 0 Å². The second kappa shape index (κ2) is 7.38. The Kier molecular flexibility index (Phi) is 5.03. The summed E-state index contributed by atoms with van der Waals surface area (Å²) in [6.07, 6.45) is 0. The SMILES string of the molecule is COc1ccc(C[NH+]2CCN(c3ccccc3OC)CC2)cc1. The topological polar surface area (TPSA) is 26.1 Å². The molecule has 0 aromatic heterocycles. The molecule has 1 saturated heterocycles. The average molecular weight is 313 g/mol. The number of para-hydroxylation sites is 2. The number of ether oxygens (including phenoxy) is 2. The zero-order valence-corrected chi connectivity index (χ0v) is 13.9.